The Morgan fingerprint density at radius 3 is 2.42 bits per heavy atom. The van der Waals surface area contributed by atoms with Gasteiger partial charge < -0.3 is 10.1 Å². The van der Waals surface area contributed by atoms with Gasteiger partial charge >= 0.3 is 0 Å². The van der Waals surface area contributed by atoms with Crippen molar-refractivity contribution < 1.29 is 13.2 Å². The first kappa shape index (κ1) is 21.2. The number of hydrogen-bond acceptors (Lipinski definition) is 7. The normalized spacial score (nSPS) is 15.5. The van der Waals surface area contributed by atoms with Crippen LogP contribution in [0.3, 0.4) is 0 Å². The van der Waals surface area contributed by atoms with Gasteiger partial charge in [0.05, 0.1) is 23.9 Å². The summed E-state index contributed by atoms with van der Waals surface area (Å²) in [6.45, 7) is 2.82. The molecule has 1 N–H and O–H groups in total. The summed E-state index contributed by atoms with van der Waals surface area (Å²) < 4.78 is 32.6. The van der Waals surface area contributed by atoms with E-state index in [-0.39, 0.29) is 10.8 Å². The summed E-state index contributed by atoms with van der Waals surface area (Å²) in [4.78, 5) is 13.7. The minimum Gasteiger partial charge on any atom is -0.497 e. The van der Waals surface area contributed by atoms with Gasteiger partial charge in [-0.1, -0.05) is 6.07 Å². The van der Waals surface area contributed by atoms with Gasteiger partial charge in [0, 0.05) is 30.9 Å². The van der Waals surface area contributed by atoms with E-state index in [4.69, 9.17) is 9.72 Å². The molecule has 0 aliphatic carbocycles. The zero-order chi connectivity index (χ0) is 21.8. The lowest BCUT2D eigenvalue weighted by atomic mass is 9.95. The lowest BCUT2D eigenvalue weighted by Gasteiger charge is -2.31. The average Bonchev–Trinajstić information content (AvgIpc) is 2.79. The van der Waals surface area contributed by atoms with E-state index in [9.17, 15) is 8.42 Å². The van der Waals surface area contributed by atoms with Crippen molar-refractivity contribution in [1.29, 1.82) is 0 Å². The highest BCUT2D eigenvalue weighted by molar-refractivity contribution is 7.89. The number of aromatic nitrogens is 3. The van der Waals surface area contributed by atoms with Gasteiger partial charge in [0.15, 0.2) is 0 Å². The number of aryl methyl sites for hydroxylation is 1. The molecule has 0 spiro atoms. The van der Waals surface area contributed by atoms with E-state index >= 15 is 0 Å². The average molecular weight is 440 g/mol. The smallest absolute Gasteiger partial charge is 0.243 e. The van der Waals surface area contributed by atoms with Crippen LogP contribution in [0.5, 0.6) is 5.75 Å². The third-order valence-corrected chi connectivity index (χ3v) is 7.28. The molecule has 1 aromatic carbocycles. The fourth-order valence-electron chi connectivity index (χ4n) is 3.67. The summed E-state index contributed by atoms with van der Waals surface area (Å²) in [5, 5.41) is 3.19. The van der Waals surface area contributed by atoms with E-state index < -0.39 is 10.0 Å². The maximum Gasteiger partial charge on any atom is 0.243 e. The zero-order valence-corrected chi connectivity index (χ0v) is 18.3. The van der Waals surface area contributed by atoms with Gasteiger partial charge in [0.25, 0.3) is 0 Å². The Hall–Kier alpha value is -3.04. The molecule has 8 nitrogen and oxygen atoms in total. The van der Waals surface area contributed by atoms with Gasteiger partial charge in [-0.05, 0) is 56.2 Å². The van der Waals surface area contributed by atoms with Crippen LogP contribution in [0.2, 0.25) is 0 Å². The highest BCUT2D eigenvalue weighted by atomic mass is 32.2. The van der Waals surface area contributed by atoms with Crippen LogP contribution < -0.4 is 10.1 Å². The molecule has 1 fully saturated rings. The Bertz CT molecular complexity index is 1140. The van der Waals surface area contributed by atoms with Crippen LogP contribution in [0.15, 0.2) is 59.8 Å². The van der Waals surface area contributed by atoms with Crippen molar-refractivity contribution in [3.05, 3.63) is 66.2 Å². The van der Waals surface area contributed by atoms with Crippen LogP contribution in [0.4, 0.5) is 11.6 Å². The molecule has 0 amide bonds. The molecule has 4 rings (SSSR count). The minimum atomic E-state index is -3.52. The van der Waals surface area contributed by atoms with E-state index in [0.717, 1.165) is 11.4 Å². The Balaban J connectivity index is 1.42. The van der Waals surface area contributed by atoms with Crippen LogP contribution in [0, 0.1) is 6.92 Å². The van der Waals surface area contributed by atoms with Crippen molar-refractivity contribution in [2.45, 2.75) is 30.6 Å². The zero-order valence-electron chi connectivity index (χ0n) is 17.5. The Kier molecular flexibility index (Phi) is 6.15. The molecule has 162 valence electrons. The number of benzene rings is 1. The number of pyridine rings is 1. The lowest BCUT2D eigenvalue weighted by molar-refractivity contribution is 0.316. The molecule has 31 heavy (non-hydrogen) atoms. The summed E-state index contributed by atoms with van der Waals surface area (Å²) in [5.74, 6) is 2.13. The standard InChI is InChI=1S/C22H25N5O3S/c1-16-4-3-5-21(24-16)26-22-15-23-14-20(25-22)17-10-12-27(13-11-17)31(28,29)19-8-6-18(30-2)7-9-19/h3-9,14-15,17H,10-13H2,1-2H3,(H,24,25,26). The molecule has 0 bridgehead atoms. The number of rotatable bonds is 6. The molecule has 0 unspecified atom stereocenters. The first-order valence-corrected chi connectivity index (χ1v) is 11.6. The number of sulfonamides is 1. The van der Waals surface area contributed by atoms with E-state index in [1.807, 2.05) is 25.1 Å². The largest absolute Gasteiger partial charge is 0.497 e. The maximum absolute atomic E-state index is 13.0. The van der Waals surface area contributed by atoms with Crippen molar-refractivity contribution in [3.63, 3.8) is 0 Å². The molecule has 0 radical (unpaired) electrons. The highest BCUT2D eigenvalue weighted by Gasteiger charge is 2.30. The monoisotopic (exact) mass is 439 g/mol. The predicted molar refractivity (Wildman–Crippen MR) is 118 cm³/mol. The van der Waals surface area contributed by atoms with Crippen molar-refractivity contribution in [2.24, 2.45) is 0 Å². The first-order chi connectivity index (χ1) is 15.0. The summed E-state index contributed by atoms with van der Waals surface area (Å²) in [6, 6.07) is 12.2. The molecule has 1 aliphatic rings. The van der Waals surface area contributed by atoms with Crippen molar-refractivity contribution in [1.82, 2.24) is 19.3 Å². The summed E-state index contributed by atoms with van der Waals surface area (Å²) in [7, 11) is -1.97. The highest BCUT2D eigenvalue weighted by Crippen LogP contribution is 2.30. The number of hydrogen-bond donors (Lipinski definition) is 1. The number of methoxy groups -OCH3 is 1. The quantitative estimate of drug-likeness (QED) is 0.628. The lowest BCUT2D eigenvalue weighted by Crippen LogP contribution is -2.38. The summed E-state index contributed by atoms with van der Waals surface area (Å²) in [5.41, 5.74) is 1.78. The van der Waals surface area contributed by atoms with E-state index in [2.05, 4.69) is 15.3 Å². The second-order valence-electron chi connectivity index (χ2n) is 7.47. The second-order valence-corrected chi connectivity index (χ2v) is 9.41. The third-order valence-electron chi connectivity index (χ3n) is 5.37. The summed E-state index contributed by atoms with van der Waals surface area (Å²) >= 11 is 0. The Morgan fingerprint density at radius 2 is 1.74 bits per heavy atom. The summed E-state index contributed by atoms with van der Waals surface area (Å²) in [6.07, 6.45) is 4.80. The Morgan fingerprint density at radius 1 is 1.00 bits per heavy atom. The molecule has 0 saturated carbocycles. The molecule has 3 heterocycles. The number of anilines is 2. The second kappa shape index (κ2) is 8.99. The van der Waals surface area contributed by atoms with Gasteiger partial charge in [0.2, 0.25) is 10.0 Å². The van der Waals surface area contributed by atoms with Crippen LogP contribution in [-0.2, 0) is 10.0 Å². The predicted octanol–water partition coefficient (Wildman–Crippen LogP) is 3.50. The number of nitrogens with zero attached hydrogens (tertiary/aromatic N) is 4. The molecule has 3 aromatic rings. The van der Waals surface area contributed by atoms with Crippen LogP contribution in [0.1, 0.15) is 30.1 Å². The van der Waals surface area contributed by atoms with Gasteiger partial charge in [-0.25, -0.2) is 18.4 Å². The molecule has 2 aromatic heterocycles. The third kappa shape index (κ3) is 4.83. The SMILES string of the molecule is COc1ccc(S(=O)(=O)N2CCC(c3cncc(Nc4cccc(C)n4)n3)CC2)cc1. The Labute approximate surface area is 182 Å². The van der Waals surface area contributed by atoms with Crippen LogP contribution in [0.25, 0.3) is 0 Å². The number of nitrogens with one attached hydrogen (secondary N) is 1. The van der Waals surface area contributed by atoms with Crippen molar-refractivity contribution >= 4 is 21.7 Å². The number of ether oxygens (including phenoxy) is 1. The molecule has 1 saturated heterocycles. The molecule has 1 aliphatic heterocycles. The van der Waals surface area contributed by atoms with E-state index in [0.29, 0.717) is 43.3 Å². The minimum absolute atomic E-state index is 0.155. The van der Waals surface area contributed by atoms with Crippen molar-refractivity contribution in [3.8, 4) is 5.75 Å². The molecule has 0 atom stereocenters. The fourth-order valence-corrected chi connectivity index (χ4v) is 5.14. The molecule has 9 heteroatoms. The van der Waals surface area contributed by atoms with E-state index in [1.165, 1.54) is 4.31 Å². The fraction of sp³-hybridized carbons (Fsp3) is 0.318. The topological polar surface area (TPSA) is 97.3 Å². The van der Waals surface area contributed by atoms with Crippen LogP contribution >= 0.6 is 0 Å². The van der Waals surface area contributed by atoms with Gasteiger partial charge in [0.1, 0.15) is 17.4 Å². The molecular weight excluding hydrogens is 414 g/mol. The van der Waals surface area contributed by atoms with E-state index in [1.54, 1.807) is 43.8 Å². The van der Waals surface area contributed by atoms with Gasteiger partial charge in [-0.2, -0.15) is 4.31 Å². The van der Waals surface area contributed by atoms with Gasteiger partial charge in [-0.15, -0.1) is 0 Å². The van der Waals surface area contributed by atoms with Crippen LogP contribution in [-0.4, -0.2) is 47.9 Å². The van der Waals surface area contributed by atoms with Crippen molar-refractivity contribution in [2.75, 3.05) is 25.5 Å². The first-order valence-electron chi connectivity index (χ1n) is 10.1. The number of piperidine rings is 1. The maximum atomic E-state index is 13.0. The molecular formula is C22H25N5O3S. The van der Waals surface area contributed by atoms with Gasteiger partial charge in [-0.3, -0.25) is 4.98 Å².